The zero-order chi connectivity index (χ0) is 14.4. The maximum Gasteiger partial charge on any atom is 0.303 e. The number of anilines is 1. The molecule has 2 rings (SSSR count). The Balaban J connectivity index is 2.11. The molecule has 0 amide bonds. The number of benzene rings is 1. The van der Waals surface area contributed by atoms with Crippen LogP contribution in [0, 0.1) is 5.92 Å². The number of para-hydroxylation sites is 1. The first-order chi connectivity index (χ1) is 9.60. The molecule has 1 saturated carbocycles. The van der Waals surface area contributed by atoms with Crippen LogP contribution in [0.3, 0.4) is 0 Å². The zero-order valence-electron chi connectivity index (χ0n) is 11.7. The van der Waals surface area contributed by atoms with Crippen LogP contribution in [0.5, 0.6) is 0 Å². The highest BCUT2D eigenvalue weighted by molar-refractivity contribution is 5.66. The van der Waals surface area contributed by atoms with Gasteiger partial charge in [-0.1, -0.05) is 37.5 Å². The van der Waals surface area contributed by atoms with Gasteiger partial charge in [-0.25, -0.2) is 0 Å². The van der Waals surface area contributed by atoms with Crippen molar-refractivity contribution < 1.29 is 15.0 Å². The van der Waals surface area contributed by atoms with Crippen molar-refractivity contribution in [2.75, 3.05) is 5.32 Å². The molecule has 0 aromatic heterocycles. The Hall–Kier alpha value is -1.55. The number of carboxylic acids is 1. The van der Waals surface area contributed by atoms with Gasteiger partial charge in [0.2, 0.25) is 0 Å². The molecule has 20 heavy (non-hydrogen) atoms. The van der Waals surface area contributed by atoms with Crippen molar-refractivity contribution in [3.8, 4) is 0 Å². The Labute approximate surface area is 119 Å². The molecular formula is C16H23NO3. The Morgan fingerprint density at radius 1 is 1.20 bits per heavy atom. The van der Waals surface area contributed by atoms with Crippen molar-refractivity contribution >= 4 is 11.7 Å². The fraction of sp³-hybridized carbons (Fsp3) is 0.562. The van der Waals surface area contributed by atoms with E-state index in [-0.39, 0.29) is 18.8 Å². The highest BCUT2D eigenvalue weighted by Crippen LogP contribution is 2.36. The summed E-state index contributed by atoms with van der Waals surface area (Å²) in [5.41, 5.74) is -0.286. The molecule has 1 aromatic rings. The van der Waals surface area contributed by atoms with Crippen LogP contribution < -0.4 is 5.32 Å². The minimum atomic E-state index is -1.12. The molecule has 0 spiro atoms. The molecule has 3 N–H and O–H groups in total. The van der Waals surface area contributed by atoms with E-state index in [2.05, 4.69) is 5.32 Å². The molecule has 1 aliphatic rings. The SMILES string of the molecule is O=C(O)CCC(O)(Nc1ccccc1)C1CCCCC1. The minimum Gasteiger partial charge on any atom is -0.481 e. The smallest absolute Gasteiger partial charge is 0.303 e. The van der Waals surface area contributed by atoms with Gasteiger partial charge in [0, 0.05) is 24.4 Å². The second-order valence-corrected chi connectivity index (χ2v) is 5.64. The van der Waals surface area contributed by atoms with Crippen LogP contribution in [0.1, 0.15) is 44.9 Å². The van der Waals surface area contributed by atoms with Crippen LogP contribution in [-0.4, -0.2) is 21.9 Å². The van der Waals surface area contributed by atoms with Crippen molar-refractivity contribution in [1.29, 1.82) is 0 Å². The Kier molecular flexibility index (Phi) is 5.01. The van der Waals surface area contributed by atoms with Crippen molar-refractivity contribution in [3.63, 3.8) is 0 Å². The van der Waals surface area contributed by atoms with E-state index in [0.29, 0.717) is 0 Å². The predicted molar refractivity (Wildman–Crippen MR) is 78.5 cm³/mol. The van der Waals surface area contributed by atoms with Gasteiger partial charge in [0.25, 0.3) is 0 Å². The molecule has 0 radical (unpaired) electrons. The van der Waals surface area contributed by atoms with Gasteiger partial charge in [0.1, 0.15) is 5.72 Å². The lowest BCUT2D eigenvalue weighted by atomic mass is 9.79. The lowest BCUT2D eigenvalue weighted by molar-refractivity contribution is -0.139. The summed E-state index contributed by atoms with van der Waals surface area (Å²) in [4.78, 5) is 10.8. The molecule has 4 nitrogen and oxygen atoms in total. The molecule has 110 valence electrons. The van der Waals surface area contributed by atoms with E-state index in [9.17, 15) is 9.90 Å². The van der Waals surface area contributed by atoms with Gasteiger partial charge in [-0.2, -0.15) is 0 Å². The van der Waals surface area contributed by atoms with Crippen LogP contribution in [0.2, 0.25) is 0 Å². The maximum absolute atomic E-state index is 11.0. The summed E-state index contributed by atoms with van der Waals surface area (Å²) in [5, 5.41) is 23.0. The number of nitrogens with one attached hydrogen (secondary N) is 1. The van der Waals surface area contributed by atoms with E-state index >= 15 is 0 Å². The molecule has 0 heterocycles. The minimum absolute atomic E-state index is 0.0210. The molecule has 1 aromatic carbocycles. The van der Waals surface area contributed by atoms with E-state index in [1.165, 1.54) is 6.42 Å². The third kappa shape index (κ3) is 3.97. The molecule has 1 fully saturated rings. The van der Waals surface area contributed by atoms with E-state index in [0.717, 1.165) is 31.4 Å². The molecular weight excluding hydrogens is 254 g/mol. The van der Waals surface area contributed by atoms with E-state index in [1.54, 1.807) is 0 Å². The van der Waals surface area contributed by atoms with Crippen LogP contribution in [0.25, 0.3) is 0 Å². The van der Waals surface area contributed by atoms with Gasteiger partial charge in [-0.05, 0) is 25.0 Å². The summed E-state index contributed by atoms with van der Waals surface area (Å²) in [5.74, 6) is -0.745. The number of carbonyl (C=O) groups is 1. The van der Waals surface area contributed by atoms with E-state index in [1.807, 2.05) is 30.3 Å². The summed E-state index contributed by atoms with van der Waals surface area (Å²) in [6.45, 7) is 0. The zero-order valence-corrected chi connectivity index (χ0v) is 11.7. The number of aliphatic hydroxyl groups is 1. The first-order valence-electron chi connectivity index (χ1n) is 7.37. The molecule has 4 heteroatoms. The van der Waals surface area contributed by atoms with Gasteiger partial charge in [-0.3, -0.25) is 4.79 Å². The highest BCUT2D eigenvalue weighted by Gasteiger charge is 2.37. The average molecular weight is 277 g/mol. The van der Waals surface area contributed by atoms with Crippen LogP contribution in [0.4, 0.5) is 5.69 Å². The molecule has 1 aliphatic carbocycles. The second kappa shape index (κ2) is 6.75. The Morgan fingerprint density at radius 3 is 2.45 bits per heavy atom. The quantitative estimate of drug-likeness (QED) is 0.698. The van der Waals surface area contributed by atoms with E-state index in [4.69, 9.17) is 5.11 Å². The highest BCUT2D eigenvalue weighted by atomic mass is 16.4. The second-order valence-electron chi connectivity index (χ2n) is 5.64. The van der Waals surface area contributed by atoms with Gasteiger partial charge in [0.15, 0.2) is 0 Å². The Bertz CT molecular complexity index is 429. The van der Waals surface area contributed by atoms with Crippen molar-refractivity contribution in [2.45, 2.75) is 50.7 Å². The number of carboxylic acid groups (broad SMARTS) is 1. The predicted octanol–water partition coefficient (Wildman–Crippen LogP) is 3.23. The topological polar surface area (TPSA) is 69.6 Å². The molecule has 0 aliphatic heterocycles. The Morgan fingerprint density at radius 2 is 1.85 bits per heavy atom. The number of hydrogen-bond acceptors (Lipinski definition) is 3. The standard InChI is InChI=1S/C16H23NO3/c18-15(19)11-12-16(20,13-7-3-1-4-8-13)17-14-9-5-2-6-10-14/h2,5-6,9-10,13,17,20H,1,3-4,7-8,11-12H2,(H,18,19). The van der Waals surface area contributed by atoms with Crippen molar-refractivity contribution in [3.05, 3.63) is 30.3 Å². The summed E-state index contributed by atoms with van der Waals surface area (Å²) in [6, 6.07) is 9.52. The summed E-state index contributed by atoms with van der Waals surface area (Å²) in [7, 11) is 0. The van der Waals surface area contributed by atoms with Gasteiger partial charge >= 0.3 is 5.97 Å². The molecule has 0 saturated heterocycles. The van der Waals surface area contributed by atoms with Crippen LogP contribution in [-0.2, 0) is 4.79 Å². The normalized spacial score (nSPS) is 19.2. The third-order valence-corrected chi connectivity index (χ3v) is 4.14. The lowest BCUT2D eigenvalue weighted by Gasteiger charge is -2.39. The fourth-order valence-corrected chi connectivity index (χ4v) is 3.02. The van der Waals surface area contributed by atoms with Crippen LogP contribution in [0.15, 0.2) is 30.3 Å². The monoisotopic (exact) mass is 277 g/mol. The van der Waals surface area contributed by atoms with Gasteiger partial charge in [-0.15, -0.1) is 0 Å². The fourth-order valence-electron chi connectivity index (χ4n) is 3.02. The molecule has 1 unspecified atom stereocenters. The first kappa shape index (κ1) is 14.9. The number of rotatable bonds is 6. The summed E-state index contributed by atoms with van der Waals surface area (Å²) < 4.78 is 0. The summed E-state index contributed by atoms with van der Waals surface area (Å²) in [6.07, 6.45) is 5.55. The van der Waals surface area contributed by atoms with Gasteiger partial charge in [0.05, 0.1) is 0 Å². The number of hydrogen-bond donors (Lipinski definition) is 3. The largest absolute Gasteiger partial charge is 0.481 e. The first-order valence-corrected chi connectivity index (χ1v) is 7.37. The van der Waals surface area contributed by atoms with E-state index < -0.39 is 11.7 Å². The van der Waals surface area contributed by atoms with Crippen molar-refractivity contribution in [1.82, 2.24) is 0 Å². The van der Waals surface area contributed by atoms with Gasteiger partial charge < -0.3 is 15.5 Å². The molecule has 1 atom stereocenters. The third-order valence-electron chi connectivity index (χ3n) is 4.14. The summed E-state index contributed by atoms with van der Waals surface area (Å²) >= 11 is 0. The van der Waals surface area contributed by atoms with Crippen molar-refractivity contribution in [2.24, 2.45) is 5.92 Å². The lowest BCUT2D eigenvalue weighted by Crippen LogP contribution is -2.46. The van der Waals surface area contributed by atoms with Crippen LogP contribution >= 0.6 is 0 Å². The maximum atomic E-state index is 11.0. The number of aliphatic carboxylic acids is 1. The average Bonchev–Trinajstić information content (AvgIpc) is 2.47. The molecule has 0 bridgehead atoms.